The lowest BCUT2D eigenvalue weighted by molar-refractivity contribution is -0.118. The van der Waals surface area contributed by atoms with Gasteiger partial charge in [-0.15, -0.1) is 0 Å². The van der Waals surface area contributed by atoms with Crippen LogP contribution in [0.5, 0.6) is 11.5 Å². The van der Waals surface area contributed by atoms with Gasteiger partial charge in [-0.3, -0.25) is 4.79 Å². The van der Waals surface area contributed by atoms with Gasteiger partial charge in [-0.25, -0.2) is 0 Å². The van der Waals surface area contributed by atoms with Gasteiger partial charge in [0.1, 0.15) is 0 Å². The lowest BCUT2D eigenvalue weighted by atomic mass is 9.99. The third kappa shape index (κ3) is 4.86. The van der Waals surface area contributed by atoms with Crippen LogP contribution in [0.1, 0.15) is 20.3 Å². The fraction of sp³-hybridized carbons (Fsp3) is 0.500. The Balaban J connectivity index is 2.86. The Kier molecular flexibility index (Phi) is 6.36. The Morgan fingerprint density at radius 2 is 2.05 bits per heavy atom. The minimum absolute atomic E-state index is 0.0139. The van der Waals surface area contributed by atoms with E-state index in [1.807, 2.05) is 13.8 Å². The van der Waals surface area contributed by atoms with Crippen molar-refractivity contribution >= 4 is 11.6 Å². The highest BCUT2D eigenvalue weighted by Crippen LogP contribution is 2.31. The summed E-state index contributed by atoms with van der Waals surface area (Å²) in [5.74, 6) is -0.362. The van der Waals surface area contributed by atoms with Gasteiger partial charge in [0, 0.05) is 11.8 Å². The molecule has 2 atom stereocenters. The van der Waals surface area contributed by atoms with Crippen LogP contribution in [0.3, 0.4) is 0 Å². The van der Waals surface area contributed by atoms with Crippen molar-refractivity contribution in [1.29, 1.82) is 0 Å². The van der Waals surface area contributed by atoms with Gasteiger partial charge in [0.25, 0.3) is 0 Å². The number of methoxy groups -OCH3 is 1. The molecule has 0 bridgehead atoms. The average Bonchev–Trinajstić information content (AvgIpc) is 2.45. The van der Waals surface area contributed by atoms with Crippen molar-refractivity contribution in [1.82, 2.24) is 0 Å². The highest BCUT2D eigenvalue weighted by atomic mass is 19.3. The molecule has 0 saturated heterocycles. The predicted molar refractivity (Wildman–Crippen MR) is 75.7 cm³/mol. The van der Waals surface area contributed by atoms with Crippen LogP contribution in [0.25, 0.3) is 0 Å². The number of hydrogen-bond donors (Lipinski definition) is 2. The van der Waals surface area contributed by atoms with Crippen LogP contribution in [-0.4, -0.2) is 25.7 Å². The molecule has 1 amide bonds. The van der Waals surface area contributed by atoms with Crippen LogP contribution in [0.15, 0.2) is 18.2 Å². The minimum atomic E-state index is -2.98. The Labute approximate surface area is 122 Å². The van der Waals surface area contributed by atoms with E-state index < -0.39 is 12.7 Å². The number of anilines is 1. The number of alkyl halides is 2. The van der Waals surface area contributed by atoms with E-state index in [9.17, 15) is 13.6 Å². The molecule has 0 heterocycles. The molecule has 1 rings (SSSR count). The number of hydrogen-bond acceptors (Lipinski definition) is 4. The Hall–Kier alpha value is -1.89. The van der Waals surface area contributed by atoms with E-state index in [0.29, 0.717) is 5.69 Å². The van der Waals surface area contributed by atoms with Crippen LogP contribution in [0.4, 0.5) is 14.5 Å². The lowest BCUT2D eigenvalue weighted by Crippen LogP contribution is -2.40. The Morgan fingerprint density at radius 3 is 2.57 bits per heavy atom. The van der Waals surface area contributed by atoms with Crippen molar-refractivity contribution in [2.45, 2.75) is 32.9 Å². The number of carbonyl (C=O) groups is 1. The number of rotatable bonds is 7. The first-order chi connectivity index (χ1) is 9.88. The monoisotopic (exact) mass is 302 g/mol. The van der Waals surface area contributed by atoms with Crippen LogP contribution < -0.4 is 20.5 Å². The number of benzene rings is 1. The van der Waals surface area contributed by atoms with E-state index in [4.69, 9.17) is 10.5 Å². The van der Waals surface area contributed by atoms with Crippen LogP contribution in [-0.2, 0) is 4.79 Å². The molecule has 5 nitrogen and oxygen atoms in total. The maximum absolute atomic E-state index is 12.3. The van der Waals surface area contributed by atoms with Crippen molar-refractivity contribution in [2.75, 3.05) is 12.4 Å². The van der Waals surface area contributed by atoms with Crippen molar-refractivity contribution in [3.05, 3.63) is 18.2 Å². The van der Waals surface area contributed by atoms with E-state index in [2.05, 4.69) is 10.1 Å². The number of ether oxygens (including phenoxy) is 2. The second-order valence-corrected chi connectivity index (χ2v) is 4.64. The number of amides is 1. The lowest BCUT2D eigenvalue weighted by Gasteiger charge is -2.18. The predicted octanol–water partition coefficient (Wildman–Crippen LogP) is 2.61. The summed E-state index contributed by atoms with van der Waals surface area (Å²) in [5.41, 5.74) is 6.12. The maximum atomic E-state index is 12.3. The highest BCUT2D eigenvalue weighted by molar-refractivity contribution is 5.95. The van der Waals surface area contributed by atoms with Crippen molar-refractivity contribution in [3.8, 4) is 11.5 Å². The van der Waals surface area contributed by atoms with Gasteiger partial charge in [-0.1, -0.05) is 20.3 Å². The molecule has 21 heavy (non-hydrogen) atoms. The molecule has 1 aromatic carbocycles. The molecular weight excluding hydrogens is 282 g/mol. The Bertz CT molecular complexity index is 483. The molecule has 0 unspecified atom stereocenters. The van der Waals surface area contributed by atoms with E-state index in [0.717, 1.165) is 6.42 Å². The molecule has 1 aromatic rings. The molecule has 0 radical (unpaired) electrons. The van der Waals surface area contributed by atoms with E-state index in [1.54, 1.807) is 0 Å². The van der Waals surface area contributed by atoms with Crippen molar-refractivity contribution < 1.29 is 23.0 Å². The van der Waals surface area contributed by atoms with Gasteiger partial charge < -0.3 is 20.5 Å². The summed E-state index contributed by atoms with van der Waals surface area (Å²) in [5, 5.41) is 2.58. The molecule has 0 aliphatic rings. The second kappa shape index (κ2) is 7.78. The summed E-state index contributed by atoms with van der Waals surface area (Å²) in [7, 11) is 1.34. The van der Waals surface area contributed by atoms with E-state index in [1.165, 1.54) is 25.3 Å². The second-order valence-electron chi connectivity index (χ2n) is 4.64. The Morgan fingerprint density at radius 1 is 1.38 bits per heavy atom. The van der Waals surface area contributed by atoms with E-state index in [-0.39, 0.29) is 23.3 Å². The summed E-state index contributed by atoms with van der Waals surface area (Å²) in [6, 6.07) is 3.56. The summed E-state index contributed by atoms with van der Waals surface area (Å²) < 4.78 is 33.9. The molecule has 0 saturated carbocycles. The smallest absolute Gasteiger partial charge is 0.387 e. The van der Waals surface area contributed by atoms with Gasteiger partial charge >= 0.3 is 6.61 Å². The first-order valence-electron chi connectivity index (χ1n) is 6.58. The number of carbonyl (C=O) groups excluding carboxylic acids is 1. The van der Waals surface area contributed by atoms with Gasteiger partial charge in [0.2, 0.25) is 5.91 Å². The SMILES string of the molecule is CC[C@H](C)[C@H](N)C(=O)Nc1ccc(OC)c(OC(F)F)c1. The summed E-state index contributed by atoms with van der Waals surface area (Å²) in [6.07, 6.45) is 0.761. The normalized spacial score (nSPS) is 13.7. The van der Waals surface area contributed by atoms with E-state index >= 15 is 0 Å². The molecular formula is C14H20F2N2O3. The van der Waals surface area contributed by atoms with Gasteiger partial charge in [-0.2, -0.15) is 8.78 Å². The third-order valence-electron chi connectivity index (χ3n) is 3.21. The molecule has 7 heteroatoms. The third-order valence-corrected chi connectivity index (χ3v) is 3.21. The van der Waals surface area contributed by atoms with Crippen molar-refractivity contribution in [2.24, 2.45) is 11.7 Å². The first kappa shape index (κ1) is 17.2. The zero-order chi connectivity index (χ0) is 16.0. The fourth-order valence-electron chi connectivity index (χ4n) is 1.68. The van der Waals surface area contributed by atoms with Crippen molar-refractivity contribution in [3.63, 3.8) is 0 Å². The van der Waals surface area contributed by atoms with Crippen LogP contribution >= 0.6 is 0 Å². The summed E-state index contributed by atoms with van der Waals surface area (Å²) >= 11 is 0. The average molecular weight is 302 g/mol. The molecule has 118 valence electrons. The largest absolute Gasteiger partial charge is 0.493 e. The number of nitrogens with two attached hydrogens (primary N) is 1. The number of halogens is 2. The standard InChI is InChI=1S/C14H20F2N2O3/c1-4-8(2)12(17)13(19)18-9-5-6-10(20-3)11(7-9)21-14(15)16/h5-8,12,14H,4,17H2,1-3H3,(H,18,19)/t8-,12-/m0/s1. The molecule has 0 spiro atoms. The van der Waals surface area contributed by atoms with Crippen LogP contribution in [0, 0.1) is 5.92 Å². The minimum Gasteiger partial charge on any atom is -0.493 e. The first-order valence-corrected chi connectivity index (χ1v) is 6.58. The van der Waals surface area contributed by atoms with Gasteiger partial charge in [-0.05, 0) is 18.1 Å². The van der Waals surface area contributed by atoms with Gasteiger partial charge in [0.15, 0.2) is 11.5 Å². The zero-order valence-electron chi connectivity index (χ0n) is 12.2. The van der Waals surface area contributed by atoms with Gasteiger partial charge in [0.05, 0.1) is 13.2 Å². The number of nitrogens with one attached hydrogen (secondary N) is 1. The summed E-state index contributed by atoms with van der Waals surface area (Å²) in [4.78, 5) is 11.9. The molecule has 0 aliphatic carbocycles. The molecule has 0 aromatic heterocycles. The van der Waals surface area contributed by atoms with Crippen LogP contribution in [0.2, 0.25) is 0 Å². The topological polar surface area (TPSA) is 73.6 Å². The molecule has 0 aliphatic heterocycles. The quantitative estimate of drug-likeness (QED) is 0.812. The summed E-state index contributed by atoms with van der Waals surface area (Å²) in [6.45, 7) is 0.816. The highest BCUT2D eigenvalue weighted by Gasteiger charge is 2.20. The fourth-order valence-corrected chi connectivity index (χ4v) is 1.68. The maximum Gasteiger partial charge on any atom is 0.387 e. The zero-order valence-corrected chi connectivity index (χ0v) is 12.2. The molecule has 0 fully saturated rings. The molecule has 3 N–H and O–H groups in total.